The van der Waals surface area contributed by atoms with Crippen molar-refractivity contribution in [2.45, 2.75) is 18.1 Å². The summed E-state index contributed by atoms with van der Waals surface area (Å²) in [5.74, 6) is 2.34. The van der Waals surface area contributed by atoms with E-state index >= 15 is 0 Å². The number of nitrogens with zero attached hydrogens (tertiary/aromatic N) is 3. The average Bonchev–Trinajstić information content (AvgIpc) is 3.58. The molecule has 0 aliphatic carbocycles. The van der Waals surface area contributed by atoms with Crippen molar-refractivity contribution in [2.75, 3.05) is 12.5 Å². The first kappa shape index (κ1) is 20.6. The van der Waals surface area contributed by atoms with E-state index in [1.54, 1.807) is 11.3 Å². The average molecular weight is 465 g/mol. The lowest BCUT2D eigenvalue weighted by atomic mass is 10.1. The van der Waals surface area contributed by atoms with E-state index in [0.29, 0.717) is 10.9 Å². The lowest BCUT2D eigenvalue weighted by molar-refractivity contribution is -0.119. The maximum absolute atomic E-state index is 12.7. The molecule has 5 rings (SSSR count). The summed E-state index contributed by atoms with van der Waals surface area (Å²) in [5.41, 5.74) is 1.91. The van der Waals surface area contributed by atoms with E-state index in [1.807, 2.05) is 77.5 Å². The minimum atomic E-state index is -0.161. The number of nitrogens with one attached hydrogen (secondary N) is 1. The molecular weight excluding hydrogens is 444 g/mol. The van der Waals surface area contributed by atoms with Gasteiger partial charge in [0.15, 0.2) is 22.5 Å². The van der Waals surface area contributed by atoms with Crippen molar-refractivity contribution >= 4 is 29.0 Å². The summed E-state index contributed by atoms with van der Waals surface area (Å²) >= 11 is 2.97. The fraction of sp³-hybridized carbons (Fsp3) is 0.174. The summed E-state index contributed by atoms with van der Waals surface area (Å²) in [6.45, 7) is 2.17. The highest BCUT2D eigenvalue weighted by molar-refractivity contribution is 7.99. The van der Waals surface area contributed by atoms with Crippen LogP contribution in [-0.2, 0) is 4.79 Å². The second-order valence-electron chi connectivity index (χ2n) is 7.15. The molecule has 9 heteroatoms. The summed E-state index contributed by atoms with van der Waals surface area (Å²) in [5, 5.41) is 14.5. The molecule has 7 nitrogen and oxygen atoms in total. The van der Waals surface area contributed by atoms with Crippen LogP contribution in [0.25, 0.3) is 16.4 Å². The molecule has 162 valence electrons. The number of hydrogen-bond acceptors (Lipinski definition) is 7. The molecule has 1 aliphatic rings. The fourth-order valence-corrected chi connectivity index (χ4v) is 4.88. The normalized spacial score (nSPS) is 13.2. The van der Waals surface area contributed by atoms with E-state index < -0.39 is 0 Å². The third-order valence-electron chi connectivity index (χ3n) is 5.00. The van der Waals surface area contributed by atoms with Gasteiger partial charge in [0.2, 0.25) is 12.7 Å². The van der Waals surface area contributed by atoms with Gasteiger partial charge < -0.3 is 14.8 Å². The van der Waals surface area contributed by atoms with Gasteiger partial charge in [-0.3, -0.25) is 9.36 Å². The first-order chi connectivity index (χ1) is 15.7. The van der Waals surface area contributed by atoms with Crippen LogP contribution >= 0.6 is 23.1 Å². The molecule has 1 aliphatic heterocycles. The summed E-state index contributed by atoms with van der Waals surface area (Å²) < 4.78 is 12.8. The zero-order valence-corrected chi connectivity index (χ0v) is 18.9. The first-order valence-corrected chi connectivity index (χ1v) is 11.9. The van der Waals surface area contributed by atoms with Crippen LogP contribution in [0.4, 0.5) is 0 Å². The number of benzene rings is 2. The second kappa shape index (κ2) is 9.05. The van der Waals surface area contributed by atoms with Gasteiger partial charge in [0, 0.05) is 5.69 Å². The van der Waals surface area contributed by atoms with Crippen molar-refractivity contribution < 1.29 is 14.3 Å². The number of rotatable bonds is 7. The molecule has 1 N–H and O–H groups in total. The molecule has 1 atom stereocenters. The molecule has 0 unspecified atom stereocenters. The monoisotopic (exact) mass is 464 g/mol. The summed E-state index contributed by atoms with van der Waals surface area (Å²) in [6.07, 6.45) is 0. The number of carbonyl (C=O) groups is 1. The van der Waals surface area contributed by atoms with Crippen LogP contribution < -0.4 is 14.8 Å². The van der Waals surface area contributed by atoms with Gasteiger partial charge in [0.05, 0.1) is 16.7 Å². The van der Waals surface area contributed by atoms with Gasteiger partial charge in [-0.15, -0.1) is 21.5 Å². The van der Waals surface area contributed by atoms with Crippen LogP contribution in [0.3, 0.4) is 0 Å². The van der Waals surface area contributed by atoms with Crippen molar-refractivity contribution in [2.24, 2.45) is 0 Å². The zero-order chi connectivity index (χ0) is 21.9. The summed E-state index contributed by atoms with van der Waals surface area (Å²) in [6, 6.07) is 19.5. The van der Waals surface area contributed by atoms with Crippen LogP contribution in [0.2, 0.25) is 0 Å². The topological polar surface area (TPSA) is 78.3 Å². The van der Waals surface area contributed by atoms with Crippen molar-refractivity contribution in [3.05, 3.63) is 71.6 Å². The van der Waals surface area contributed by atoms with Gasteiger partial charge >= 0.3 is 0 Å². The number of para-hydroxylation sites is 1. The van der Waals surface area contributed by atoms with E-state index in [4.69, 9.17) is 9.47 Å². The van der Waals surface area contributed by atoms with E-state index in [9.17, 15) is 4.79 Å². The zero-order valence-electron chi connectivity index (χ0n) is 17.2. The largest absolute Gasteiger partial charge is 0.454 e. The predicted octanol–water partition coefficient (Wildman–Crippen LogP) is 4.69. The molecule has 4 aromatic rings. The smallest absolute Gasteiger partial charge is 0.231 e. The Morgan fingerprint density at radius 1 is 1.12 bits per heavy atom. The highest BCUT2D eigenvalue weighted by atomic mass is 32.2. The minimum absolute atomic E-state index is 0.0829. The Morgan fingerprint density at radius 3 is 2.78 bits per heavy atom. The second-order valence-corrected chi connectivity index (χ2v) is 9.04. The number of amides is 1. The molecule has 0 bridgehead atoms. The highest BCUT2D eigenvalue weighted by Crippen LogP contribution is 2.34. The number of thioether (sulfide) groups is 1. The summed E-state index contributed by atoms with van der Waals surface area (Å²) in [7, 11) is 0. The molecule has 2 aromatic carbocycles. The number of fused-ring (bicyclic) bond motifs is 1. The van der Waals surface area contributed by atoms with Gasteiger partial charge in [-0.2, -0.15) is 0 Å². The van der Waals surface area contributed by atoms with Crippen LogP contribution in [0.15, 0.2) is 71.2 Å². The highest BCUT2D eigenvalue weighted by Gasteiger charge is 2.20. The maximum atomic E-state index is 12.7. The van der Waals surface area contributed by atoms with Crippen LogP contribution in [0.1, 0.15) is 18.5 Å². The fourth-order valence-electron chi connectivity index (χ4n) is 3.42. The van der Waals surface area contributed by atoms with Crippen molar-refractivity contribution in [1.82, 2.24) is 20.1 Å². The van der Waals surface area contributed by atoms with Crippen LogP contribution in [0, 0.1) is 0 Å². The molecule has 0 saturated heterocycles. The van der Waals surface area contributed by atoms with E-state index in [2.05, 4.69) is 15.5 Å². The SMILES string of the molecule is C[C@H](NC(=O)CSc1nnc(-c2cccs2)n1-c1ccccc1)c1ccc2c(c1)OCO2. The van der Waals surface area contributed by atoms with Gasteiger partial charge in [0.25, 0.3) is 0 Å². The summed E-state index contributed by atoms with van der Waals surface area (Å²) in [4.78, 5) is 13.7. The lowest BCUT2D eigenvalue weighted by Gasteiger charge is -2.15. The van der Waals surface area contributed by atoms with Gasteiger partial charge in [-0.1, -0.05) is 42.1 Å². The molecule has 32 heavy (non-hydrogen) atoms. The lowest BCUT2D eigenvalue weighted by Crippen LogP contribution is -2.28. The molecule has 2 aromatic heterocycles. The van der Waals surface area contributed by atoms with Crippen molar-refractivity contribution in [3.63, 3.8) is 0 Å². The Bertz CT molecular complexity index is 1230. The molecule has 0 spiro atoms. The van der Waals surface area contributed by atoms with E-state index in [0.717, 1.165) is 27.7 Å². The first-order valence-electron chi connectivity index (χ1n) is 10.1. The molecule has 0 radical (unpaired) electrons. The Hall–Kier alpha value is -3.30. The number of hydrogen-bond donors (Lipinski definition) is 1. The van der Waals surface area contributed by atoms with Gasteiger partial charge in [-0.25, -0.2) is 0 Å². The number of ether oxygens (including phenoxy) is 2. The number of thiophene rings is 1. The number of carbonyl (C=O) groups excluding carboxylic acids is 1. The van der Waals surface area contributed by atoms with Crippen molar-refractivity contribution in [3.8, 4) is 27.9 Å². The Kier molecular flexibility index (Phi) is 5.83. The van der Waals surface area contributed by atoms with Gasteiger partial charge in [0.1, 0.15) is 0 Å². The quantitative estimate of drug-likeness (QED) is 0.400. The molecule has 0 saturated carbocycles. The standard InChI is InChI=1S/C23H20N4O3S2/c1-15(16-9-10-18-19(12-16)30-14-29-18)24-21(28)13-32-23-26-25-22(20-8-5-11-31-20)27(23)17-6-3-2-4-7-17/h2-12,15H,13-14H2,1H3,(H,24,28)/t15-/m0/s1. The minimum Gasteiger partial charge on any atom is -0.454 e. The Morgan fingerprint density at radius 2 is 1.97 bits per heavy atom. The third kappa shape index (κ3) is 4.21. The molecule has 3 heterocycles. The van der Waals surface area contributed by atoms with E-state index in [1.165, 1.54) is 11.8 Å². The van der Waals surface area contributed by atoms with Gasteiger partial charge in [-0.05, 0) is 48.2 Å². The molecular formula is C23H20N4O3S2. The maximum Gasteiger partial charge on any atom is 0.231 e. The number of aromatic nitrogens is 3. The van der Waals surface area contributed by atoms with Crippen LogP contribution in [-0.4, -0.2) is 33.2 Å². The molecule has 1 amide bonds. The Balaban J connectivity index is 1.30. The predicted molar refractivity (Wildman–Crippen MR) is 125 cm³/mol. The van der Waals surface area contributed by atoms with E-state index in [-0.39, 0.29) is 24.5 Å². The van der Waals surface area contributed by atoms with Crippen LogP contribution in [0.5, 0.6) is 11.5 Å². The Labute approximate surface area is 193 Å². The third-order valence-corrected chi connectivity index (χ3v) is 6.79. The van der Waals surface area contributed by atoms with Crippen molar-refractivity contribution in [1.29, 1.82) is 0 Å². The molecule has 0 fully saturated rings.